The number of hydrogen-bond donors (Lipinski definition) is 0. The molecule has 2 saturated heterocycles. The Hall–Kier alpha value is -1.84. The second-order valence-electron chi connectivity index (χ2n) is 8.98. The van der Waals surface area contributed by atoms with Crippen molar-refractivity contribution in [1.29, 1.82) is 0 Å². The van der Waals surface area contributed by atoms with E-state index in [4.69, 9.17) is 4.74 Å². The zero-order chi connectivity index (χ0) is 19.5. The standard InChI is InChI=1S/C26H34N2O/c1-3-10-21(11-4-1)23-20-28-18-8-13-24(28)22-12-7-14-25(26(22)23)29-19-9-17-27-15-5-2-6-16-27/h1,3-4,7,10-12,14,23-24H,2,5-6,8-9,13,15-20H2/t23-,24+/m1/s1. The Balaban J connectivity index is 1.35. The van der Waals surface area contributed by atoms with Crippen LogP contribution in [0.4, 0.5) is 0 Å². The van der Waals surface area contributed by atoms with Crippen LogP contribution in [-0.2, 0) is 0 Å². The molecular formula is C26H34N2O. The van der Waals surface area contributed by atoms with Crippen molar-refractivity contribution in [3.63, 3.8) is 0 Å². The molecule has 29 heavy (non-hydrogen) atoms. The minimum Gasteiger partial charge on any atom is -0.493 e. The fourth-order valence-electron chi connectivity index (χ4n) is 5.68. The molecule has 0 aromatic heterocycles. The van der Waals surface area contributed by atoms with Crippen molar-refractivity contribution in [2.45, 2.75) is 50.5 Å². The van der Waals surface area contributed by atoms with Gasteiger partial charge < -0.3 is 9.64 Å². The molecule has 3 heteroatoms. The van der Waals surface area contributed by atoms with Gasteiger partial charge in [-0.2, -0.15) is 0 Å². The Bertz CT molecular complexity index is 800. The van der Waals surface area contributed by atoms with Gasteiger partial charge in [0.15, 0.2) is 0 Å². The van der Waals surface area contributed by atoms with Gasteiger partial charge in [0.1, 0.15) is 5.75 Å². The Labute approximate surface area is 175 Å². The zero-order valence-corrected chi connectivity index (χ0v) is 17.6. The molecule has 0 saturated carbocycles. The van der Waals surface area contributed by atoms with Gasteiger partial charge in [-0.3, -0.25) is 4.90 Å². The van der Waals surface area contributed by atoms with Crippen LogP contribution in [0, 0.1) is 0 Å². The van der Waals surface area contributed by atoms with E-state index in [1.165, 1.54) is 75.0 Å². The minimum absolute atomic E-state index is 0.416. The summed E-state index contributed by atoms with van der Waals surface area (Å²) in [4.78, 5) is 5.30. The second-order valence-corrected chi connectivity index (χ2v) is 8.98. The highest BCUT2D eigenvalue weighted by Crippen LogP contribution is 2.47. The number of likely N-dealkylation sites (tertiary alicyclic amines) is 1. The highest BCUT2D eigenvalue weighted by atomic mass is 16.5. The maximum atomic E-state index is 6.45. The molecule has 3 nitrogen and oxygen atoms in total. The first-order valence-electron chi connectivity index (χ1n) is 11.7. The fraction of sp³-hybridized carbons (Fsp3) is 0.538. The van der Waals surface area contributed by atoms with E-state index in [0.29, 0.717) is 12.0 Å². The Kier molecular flexibility index (Phi) is 5.87. The molecule has 0 aliphatic carbocycles. The molecule has 0 N–H and O–H groups in total. The predicted octanol–water partition coefficient (Wildman–Crippen LogP) is 5.22. The Morgan fingerprint density at radius 2 is 1.72 bits per heavy atom. The number of ether oxygens (including phenoxy) is 1. The normalized spacial score (nSPS) is 24.8. The fourth-order valence-corrected chi connectivity index (χ4v) is 5.68. The van der Waals surface area contributed by atoms with Gasteiger partial charge in [0.25, 0.3) is 0 Å². The van der Waals surface area contributed by atoms with Crippen LogP contribution in [0.25, 0.3) is 0 Å². The van der Waals surface area contributed by atoms with Crippen LogP contribution in [0.2, 0.25) is 0 Å². The molecule has 2 aromatic rings. The number of rotatable bonds is 6. The van der Waals surface area contributed by atoms with Crippen LogP contribution in [0.5, 0.6) is 5.75 Å². The highest BCUT2D eigenvalue weighted by molar-refractivity contribution is 5.50. The summed E-state index contributed by atoms with van der Waals surface area (Å²) in [5.41, 5.74) is 4.39. The third-order valence-corrected chi connectivity index (χ3v) is 7.11. The topological polar surface area (TPSA) is 15.7 Å². The summed E-state index contributed by atoms with van der Waals surface area (Å²) in [7, 11) is 0. The maximum absolute atomic E-state index is 6.45. The summed E-state index contributed by atoms with van der Waals surface area (Å²) in [6.07, 6.45) is 7.85. The van der Waals surface area contributed by atoms with Gasteiger partial charge in [-0.25, -0.2) is 0 Å². The first-order chi connectivity index (χ1) is 14.4. The number of fused-ring (bicyclic) bond motifs is 3. The first-order valence-corrected chi connectivity index (χ1v) is 11.7. The first kappa shape index (κ1) is 19.1. The van der Waals surface area contributed by atoms with E-state index in [1.807, 2.05) is 0 Å². The van der Waals surface area contributed by atoms with Gasteiger partial charge in [-0.05, 0) is 68.9 Å². The van der Waals surface area contributed by atoms with E-state index in [-0.39, 0.29) is 0 Å². The molecule has 0 spiro atoms. The van der Waals surface area contributed by atoms with Gasteiger partial charge in [-0.15, -0.1) is 0 Å². The van der Waals surface area contributed by atoms with E-state index in [0.717, 1.165) is 25.3 Å². The monoisotopic (exact) mass is 390 g/mol. The lowest BCUT2D eigenvalue weighted by atomic mass is 9.81. The van der Waals surface area contributed by atoms with Crippen LogP contribution >= 0.6 is 0 Å². The minimum atomic E-state index is 0.416. The molecule has 2 aromatic carbocycles. The average molecular weight is 391 g/mol. The molecular weight excluding hydrogens is 356 g/mol. The summed E-state index contributed by atoms with van der Waals surface area (Å²) < 4.78 is 6.45. The van der Waals surface area contributed by atoms with Crippen molar-refractivity contribution in [3.05, 3.63) is 65.2 Å². The third kappa shape index (κ3) is 4.08. The molecule has 2 fully saturated rings. The number of nitrogens with zero attached hydrogens (tertiary/aromatic N) is 2. The smallest absolute Gasteiger partial charge is 0.123 e. The van der Waals surface area contributed by atoms with Gasteiger partial charge in [0.2, 0.25) is 0 Å². The van der Waals surface area contributed by atoms with Crippen LogP contribution in [0.1, 0.15) is 67.2 Å². The Morgan fingerprint density at radius 1 is 0.862 bits per heavy atom. The number of piperidine rings is 1. The van der Waals surface area contributed by atoms with Crippen molar-refractivity contribution in [1.82, 2.24) is 9.80 Å². The third-order valence-electron chi connectivity index (χ3n) is 7.11. The van der Waals surface area contributed by atoms with E-state index in [9.17, 15) is 0 Å². The van der Waals surface area contributed by atoms with Gasteiger partial charge in [0, 0.05) is 30.6 Å². The van der Waals surface area contributed by atoms with Crippen LogP contribution in [-0.4, -0.2) is 49.1 Å². The largest absolute Gasteiger partial charge is 0.493 e. The SMILES string of the molecule is c1ccc([C@H]2CN3CCC[C@H]3c3cccc(OCCCN4CCCCC4)c32)cc1. The lowest BCUT2D eigenvalue weighted by Gasteiger charge is -2.38. The lowest BCUT2D eigenvalue weighted by Crippen LogP contribution is -2.35. The van der Waals surface area contributed by atoms with Crippen molar-refractivity contribution < 1.29 is 4.74 Å². The van der Waals surface area contributed by atoms with E-state index < -0.39 is 0 Å². The van der Waals surface area contributed by atoms with Crippen molar-refractivity contribution >= 4 is 0 Å². The molecule has 154 valence electrons. The summed E-state index contributed by atoms with van der Waals surface area (Å²) in [5, 5.41) is 0. The summed E-state index contributed by atoms with van der Waals surface area (Å²) in [6, 6.07) is 18.4. The molecule has 3 aliphatic rings. The summed E-state index contributed by atoms with van der Waals surface area (Å²) in [6.45, 7) is 6.89. The average Bonchev–Trinajstić information content (AvgIpc) is 3.26. The zero-order valence-electron chi connectivity index (χ0n) is 17.6. The maximum Gasteiger partial charge on any atom is 0.123 e. The number of hydrogen-bond acceptors (Lipinski definition) is 3. The Morgan fingerprint density at radius 3 is 2.59 bits per heavy atom. The lowest BCUT2D eigenvalue weighted by molar-refractivity contribution is 0.200. The molecule has 5 rings (SSSR count). The molecule has 0 bridgehead atoms. The molecule has 3 aliphatic heterocycles. The van der Waals surface area contributed by atoms with Crippen molar-refractivity contribution in [2.75, 3.05) is 39.3 Å². The second kappa shape index (κ2) is 8.89. The van der Waals surface area contributed by atoms with Crippen molar-refractivity contribution in [2.24, 2.45) is 0 Å². The molecule has 2 atom stereocenters. The molecule has 0 amide bonds. The van der Waals surface area contributed by atoms with Crippen LogP contribution < -0.4 is 4.74 Å². The van der Waals surface area contributed by atoms with Gasteiger partial charge in [-0.1, -0.05) is 48.9 Å². The quantitative estimate of drug-likeness (QED) is 0.629. The predicted molar refractivity (Wildman–Crippen MR) is 119 cm³/mol. The van der Waals surface area contributed by atoms with E-state index in [1.54, 1.807) is 0 Å². The van der Waals surface area contributed by atoms with E-state index >= 15 is 0 Å². The summed E-state index contributed by atoms with van der Waals surface area (Å²) in [5.74, 6) is 1.54. The van der Waals surface area contributed by atoms with Crippen molar-refractivity contribution in [3.8, 4) is 5.75 Å². The highest BCUT2D eigenvalue weighted by Gasteiger charge is 2.38. The summed E-state index contributed by atoms with van der Waals surface area (Å²) >= 11 is 0. The van der Waals surface area contributed by atoms with Gasteiger partial charge in [0.05, 0.1) is 6.61 Å². The van der Waals surface area contributed by atoms with Crippen LogP contribution in [0.3, 0.4) is 0 Å². The number of benzene rings is 2. The molecule has 0 unspecified atom stereocenters. The van der Waals surface area contributed by atoms with Crippen LogP contribution in [0.15, 0.2) is 48.5 Å². The van der Waals surface area contributed by atoms with Gasteiger partial charge >= 0.3 is 0 Å². The molecule has 0 radical (unpaired) electrons. The van der Waals surface area contributed by atoms with E-state index in [2.05, 4.69) is 58.3 Å². The molecule has 3 heterocycles.